The molecule has 0 radical (unpaired) electrons. The first kappa shape index (κ1) is 17.3. The Morgan fingerprint density at radius 2 is 1.44 bits per heavy atom. The highest BCUT2D eigenvalue weighted by atomic mass is 16.5. The van der Waals surface area contributed by atoms with E-state index in [1.54, 1.807) is 7.11 Å². The molecule has 1 aliphatic heterocycles. The Labute approximate surface area is 160 Å². The Hall–Kier alpha value is -3.07. The summed E-state index contributed by atoms with van der Waals surface area (Å²) in [6.07, 6.45) is 1.88. The van der Waals surface area contributed by atoms with Crippen molar-refractivity contribution in [2.24, 2.45) is 4.99 Å². The van der Waals surface area contributed by atoms with Crippen LogP contribution in [0.2, 0.25) is 0 Å². The van der Waals surface area contributed by atoms with Gasteiger partial charge in [-0.25, -0.2) is 0 Å². The highest BCUT2D eigenvalue weighted by Gasteiger charge is 2.19. The summed E-state index contributed by atoms with van der Waals surface area (Å²) in [5.74, 6) is 0.855. The van der Waals surface area contributed by atoms with Crippen molar-refractivity contribution in [2.45, 2.75) is 26.9 Å². The predicted molar refractivity (Wildman–Crippen MR) is 112 cm³/mol. The maximum absolute atomic E-state index is 5.18. The van der Waals surface area contributed by atoms with Crippen molar-refractivity contribution in [2.75, 3.05) is 12.0 Å². The molecule has 3 nitrogen and oxygen atoms in total. The van der Waals surface area contributed by atoms with Crippen LogP contribution in [-0.2, 0) is 13.1 Å². The molecule has 0 atom stereocenters. The number of aryl methyl sites for hydroxylation is 2. The van der Waals surface area contributed by atoms with Crippen molar-refractivity contribution in [1.82, 2.24) is 0 Å². The SMILES string of the molecule is COc1ccc(C=Nc2ccc(N3Cc4cc(C)c(C)cc4C3)cc2)cc1. The van der Waals surface area contributed by atoms with E-state index in [9.17, 15) is 0 Å². The van der Waals surface area contributed by atoms with Gasteiger partial charge >= 0.3 is 0 Å². The zero-order valence-corrected chi connectivity index (χ0v) is 16.1. The fraction of sp³-hybridized carbons (Fsp3) is 0.208. The fourth-order valence-electron chi connectivity index (χ4n) is 3.47. The number of benzene rings is 3. The van der Waals surface area contributed by atoms with Crippen molar-refractivity contribution in [3.63, 3.8) is 0 Å². The summed E-state index contributed by atoms with van der Waals surface area (Å²) in [6.45, 7) is 6.33. The van der Waals surface area contributed by atoms with E-state index in [1.807, 2.05) is 30.5 Å². The number of hydrogen-bond acceptors (Lipinski definition) is 3. The van der Waals surface area contributed by atoms with E-state index < -0.39 is 0 Å². The van der Waals surface area contributed by atoms with Crippen LogP contribution in [0.15, 0.2) is 65.7 Å². The van der Waals surface area contributed by atoms with E-state index in [4.69, 9.17) is 4.74 Å². The minimum Gasteiger partial charge on any atom is -0.497 e. The number of aliphatic imine (C=N–C) groups is 1. The van der Waals surface area contributed by atoms with E-state index in [-0.39, 0.29) is 0 Å². The molecule has 0 bridgehead atoms. The molecule has 0 N–H and O–H groups in total. The Morgan fingerprint density at radius 1 is 0.852 bits per heavy atom. The first-order valence-corrected chi connectivity index (χ1v) is 9.24. The number of methoxy groups -OCH3 is 1. The van der Waals surface area contributed by atoms with Crippen LogP contribution < -0.4 is 9.64 Å². The monoisotopic (exact) mass is 356 g/mol. The number of hydrogen-bond donors (Lipinski definition) is 0. The molecule has 0 saturated carbocycles. The van der Waals surface area contributed by atoms with Crippen molar-refractivity contribution in [3.05, 3.63) is 88.5 Å². The standard InChI is InChI=1S/C24H24N2O/c1-17-12-20-15-26(16-21(20)13-18(17)2)23-8-6-22(7-9-23)25-14-19-4-10-24(27-3)11-5-19/h4-14H,15-16H2,1-3H3. The maximum Gasteiger partial charge on any atom is 0.118 e. The maximum atomic E-state index is 5.18. The Bertz CT molecular complexity index is 942. The largest absolute Gasteiger partial charge is 0.497 e. The molecule has 0 spiro atoms. The van der Waals surface area contributed by atoms with Crippen molar-refractivity contribution in [3.8, 4) is 5.75 Å². The third-order valence-electron chi connectivity index (χ3n) is 5.23. The van der Waals surface area contributed by atoms with Crippen LogP contribution in [0.4, 0.5) is 11.4 Å². The van der Waals surface area contributed by atoms with Gasteiger partial charge in [0.05, 0.1) is 12.8 Å². The Balaban J connectivity index is 1.45. The minimum atomic E-state index is 0.855. The van der Waals surface area contributed by atoms with E-state index in [2.05, 4.69) is 60.1 Å². The molecule has 3 aromatic carbocycles. The molecule has 0 aromatic heterocycles. The van der Waals surface area contributed by atoms with Gasteiger partial charge < -0.3 is 9.64 Å². The van der Waals surface area contributed by atoms with E-state index >= 15 is 0 Å². The Kier molecular flexibility index (Phi) is 4.68. The molecule has 3 heteroatoms. The molecule has 3 aromatic rings. The van der Waals surface area contributed by atoms with Gasteiger partial charge in [0.1, 0.15) is 5.75 Å². The molecular weight excluding hydrogens is 332 g/mol. The third kappa shape index (κ3) is 3.72. The lowest BCUT2D eigenvalue weighted by atomic mass is 10.0. The smallest absolute Gasteiger partial charge is 0.118 e. The van der Waals surface area contributed by atoms with Gasteiger partial charge in [-0.2, -0.15) is 0 Å². The lowest BCUT2D eigenvalue weighted by Crippen LogP contribution is -2.13. The van der Waals surface area contributed by atoms with Crippen LogP contribution in [0, 0.1) is 13.8 Å². The topological polar surface area (TPSA) is 24.8 Å². The second-order valence-corrected chi connectivity index (χ2v) is 7.11. The van der Waals surface area contributed by atoms with Crippen LogP contribution in [0.25, 0.3) is 0 Å². The molecule has 136 valence electrons. The molecular formula is C24H24N2O. The predicted octanol–water partition coefficient (Wildman–Crippen LogP) is 5.58. The van der Waals surface area contributed by atoms with E-state index in [1.165, 1.54) is 27.9 Å². The zero-order valence-electron chi connectivity index (χ0n) is 16.1. The highest BCUT2D eigenvalue weighted by molar-refractivity contribution is 5.82. The molecule has 4 rings (SSSR count). The molecule has 0 aliphatic carbocycles. The second kappa shape index (κ2) is 7.28. The summed E-state index contributed by atoms with van der Waals surface area (Å²) in [6, 6.07) is 21.0. The summed E-state index contributed by atoms with van der Waals surface area (Å²) in [5, 5.41) is 0. The van der Waals surface area contributed by atoms with Gasteiger partial charge in [0, 0.05) is 25.0 Å². The quantitative estimate of drug-likeness (QED) is 0.570. The Morgan fingerprint density at radius 3 is 2.00 bits per heavy atom. The average molecular weight is 356 g/mol. The first-order valence-electron chi connectivity index (χ1n) is 9.24. The fourth-order valence-corrected chi connectivity index (χ4v) is 3.47. The van der Waals surface area contributed by atoms with Gasteiger partial charge in [-0.1, -0.05) is 12.1 Å². The van der Waals surface area contributed by atoms with Crippen LogP contribution in [-0.4, -0.2) is 13.3 Å². The summed E-state index contributed by atoms with van der Waals surface area (Å²) in [5.41, 5.74) is 8.89. The highest BCUT2D eigenvalue weighted by Crippen LogP contribution is 2.31. The lowest BCUT2D eigenvalue weighted by Gasteiger charge is -2.17. The van der Waals surface area contributed by atoms with E-state index in [0.29, 0.717) is 0 Å². The van der Waals surface area contributed by atoms with Crippen molar-refractivity contribution >= 4 is 17.6 Å². The normalized spacial score (nSPS) is 13.2. The molecule has 0 unspecified atom stereocenters. The van der Waals surface area contributed by atoms with Crippen LogP contribution in [0.1, 0.15) is 27.8 Å². The number of anilines is 1. The molecule has 27 heavy (non-hydrogen) atoms. The first-order chi connectivity index (χ1) is 13.1. The van der Waals surface area contributed by atoms with Gasteiger partial charge in [-0.15, -0.1) is 0 Å². The van der Waals surface area contributed by atoms with Crippen molar-refractivity contribution < 1.29 is 4.74 Å². The van der Waals surface area contributed by atoms with Gasteiger partial charge in [0.25, 0.3) is 0 Å². The number of fused-ring (bicyclic) bond motifs is 1. The van der Waals surface area contributed by atoms with Crippen LogP contribution >= 0.6 is 0 Å². The minimum absolute atomic E-state index is 0.855. The second-order valence-electron chi connectivity index (χ2n) is 7.11. The van der Waals surface area contributed by atoms with Gasteiger partial charge in [0.2, 0.25) is 0 Å². The number of rotatable bonds is 4. The summed E-state index contributed by atoms with van der Waals surface area (Å²) < 4.78 is 5.18. The summed E-state index contributed by atoms with van der Waals surface area (Å²) in [7, 11) is 1.67. The third-order valence-corrected chi connectivity index (χ3v) is 5.23. The lowest BCUT2D eigenvalue weighted by molar-refractivity contribution is 0.415. The van der Waals surface area contributed by atoms with E-state index in [0.717, 1.165) is 30.1 Å². The van der Waals surface area contributed by atoms with Crippen LogP contribution in [0.5, 0.6) is 5.75 Å². The van der Waals surface area contributed by atoms with Gasteiger partial charge in [-0.05, 0) is 90.2 Å². The van der Waals surface area contributed by atoms with Gasteiger partial charge in [0.15, 0.2) is 0 Å². The van der Waals surface area contributed by atoms with Gasteiger partial charge in [-0.3, -0.25) is 4.99 Å². The summed E-state index contributed by atoms with van der Waals surface area (Å²) >= 11 is 0. The molecule has 0 amide bonds. The molecule has 0 fully saturated rings. The zero-order chi connectivity index (χ0) is 18.8. The molecule has 1 heterocycles. The number of ether oxygens (including phenoxy) is 1. The number of nitrogens with zero attached hydrogens (tertiary/aromatic N) is 2. The molecule has 1 aliphatic rings. The summed E-state index contributed by atoms with van der Waals surface area (Å²) in [4.78, 5) is 7.00. The van der Waals surface area contributed by atoms with Crippen molar-refractivity contribution in [1.29, 1.82) is 0 Å². The average Bonchev–Trinajstić information content (AvgIpc) is 3.10. The van der Waals surface area contributed by atoms with Crippen LogP contribution in [0.3, 0.4) is 0 Å². The molecule has 0 saturated heterocycles.